The van der Waals surface area contributed by atoms with E-state index < -0.39 is 29.2 Å². The van der Waals surface area contributed by atoms with E-state index in [0.29, 0.717) is 5.56 Å². The highest BCUT2D eigenvalue weighted by Gasteiger charge is 2.56. The summed E-state index contributed by atoms with van der Waals surface area (Å²) in [6, 6.07) is 6.46. The summed E-state index contributed by atoms with van der Waals surface area (Å²) in [4.78, 5) is 15.0. The molecule has 0 aliphatic carbocycles. The van der Waals surface area contributed by atoms with E-state index in [0.717, 1.165) is 17.3 Å². The maximum atomic E-state index is 12.8. The Morgan fingerprint density at radius 2 is 2.00 bits per heavy atom. The first-order valence-corrected chi connectivity index (χ1v) is 7.95. The molecule has 5 nitrogen and oxygen atoms in total. The SMILES string of the molecule is COC(=O)[C@](C)(N)Cc1ccc(C2=NC(O)(C(F)(F)F)CS2)cc1. The summed E-state index contributed by atoms with van der Waals surface area (Å²) in [5.41, 5.74) is 2.82. The van der Waals surface area contributed by atoms with Gasteiger partial charge in [-0.2, -0.15) is 13.2 Å². The van der Waals surface area contributed by atoms with Crippen LogP contribution in [0.5, 0.6) is 0 Å². The number of nitrogens with zero attached hydrogens (tertiary/aromatic N) is 1. The summed E-state index contributed by atoms with van der Waals surface area (Å²) in [7, 11) is 1.24. The highest BCUT2D eigenvalue weighted by molar-refractivity contribution is 8.14. The molecule has 132 valence electrons. The molecule has 2 rings (SSSR count). The molecule has 0 amide bonds. The van der Waals surface area contributed by atoms with Gasteiger partial charge >= 0.3 is 12.1 Å². The number of alkyl halides is 3. The van der Waals surface area contributed by atoms with Crippen molar-refractivity contribution >= 4 is 22.8 Å². The van der Waals surface area contributed by atoms with Gasteiger partial charge in [-0.25, -0.2) is 4.99 Å². The number of carbonyl (C=O) groups excluding carboxylic acids is 1. The molecule has 9 heteroatoms. The largest absolute Gasteiger partial charge is 0.468 e. The van der Waals surface area contributed by atoms with Crippen LogP contribution in [0, 0.1) is 0 Å². The minimum Gasteiger partial charge on any atom is -0.468 e. The van der Waals surface area contributed by atoms with E-state index in [1.807, 2.05) is 0 Å². The Morgan fingerprint density at radius 3 is 2.46 bits per heavy atom. The normalized spacial score (nSPS) is 23.5. The third-order valence-electron chi connectivity index (χ3n) is 3.57. The minimum atomic E-state index is -4.82. The lowest BCUT2D eigenvalue weighted by atomic mass is 9.93. The van der Waals surface area contributed by atoms with Crippen molar-refractivity contribution in [1.82, 2.24) is 0 Å². The van der Waals surface area contributed by atoms with Crippen LogP contribution >= 0.6 is 11.8 Å². The summed E-state index contributed by atoms with van der Waals surface area (Å²) < 4.78 is 42.9. The van der Waals surface area contributed by atoms with Gasteiger partial charge in [-0.15, -0.1) is 11.8 Å². The van der Waals surface area contributed by atoms with Crippen molar-refractivity contribution in [3.05, 3.63) is 35.4 Å². The molecule has 1 heterocycles. The van der Waals surface area contributed by atoms with Crippen LogP contribution in [0.1, 0.15) is 18.1 Å². The molecule has 24 heavy (non-hydrogen) atoms. The zero-order valence-electron chi connectivity index (χ0n) is 13.1. The van der Waals surface area contributed by atoms with Gasteiger partial charge in [0.15, 0.2) is 0 Å². The van der Waals surface area contributed by atoms with Crippen molar-refractivity contribution in [2.75, 3.05) is 12.9 Å². The highest BCUT2D eigenvalue weighted by atomic mass is 32.2. The van der Waals surface area contributed by atoms with Crippen molar-refractivity contribution < 1.29 is 27.8 Å². The van der Waals surface area contributed by atoms with Crippen LogP contribution in [0.3, 0.4) is 0 Å². The standard InChI is InChI=1S/C15H17F3N2O3S/c1-13(19,12(21)23-2)7-9-3-5-10(6-4-9)11-20-14(22,8-24-11)15(16,17)18/h3-6,22H,7-8,19H2,1-2H3/t13-,14?/m1/s1. The fourth-order valence-corrected chi connectivity index (χ4v) is 3.27. The number of hydrogen-bond donors (Lipinski definition) is 2. The number of aliphatic hydroxyl groups is 1. The number of aliphatic imine (C=N–C) groups is 1. The van der Waals surface area contributed by atoms with Gasteiger partial charge in [0, 0.05) is 12.0 Å². The van der Waals surface area contributed by atoms with Crippen LogP contribution in [0.25, 0.3) is 0 Å². The fourth-order valence-electron chi connectivity index (χ4n) is 2.19. The number of carbonyl (C=O) groups is 1. The number of thioether (sulfide) groups is 1. The van der Waals surface area contributed by atoms with Crippen molar-refractivity contribution in [3.8, 4) is 0 Å². The monoisotopic (exact) mass is 362 g/mol. The lowest BCUT2D eigenvalue weighted by Crippen LogP contribution is -2.47. The van der Waals surface area contributed by atoms with Gasteiger partial charge < -0.3 is 15.6 Å². The number of ether oxygens (including phenoxy) is 1. The van der Waals surface area contributed by atoms with E-state index in [9.17, 15) is 23.1 Å². The Hall–Kier alpha value is -1.58. The predicted molar refractivity (Wildman–Crippen MR) is 84.8 cm³/mol. The number of benzene rings is 1. The molecule has 1 unspecified atom stereocenters. The van der Waals surface area contributed by atoms with Gasteiger partial charge in [0.2, 0.25) is 0 Å². The average Bonchev–Trinajstić information content (AvgIpc) is 2.90. The average molecular weight is 362 g/mol. The van der Waals surface area contributed by atoms with Gasteiger partial charge in [0.1, 0.15) is 10.6 Å². The Bertz CT molecular complexity index is 659. The maximum absolute atomic E-state index is 12.8. The Balaban J connectivity index is 2.16. The van der Waals surface area contributed by atoms with Gasteiger partial charge in [-0.3, -0.25) is 4.79 Å². The molecule has 0 fully saturated rings. The van der Waals surface area contributed by atoms with Crippen LogP contribution in [0.4, 0.5) is 13.2 Å². The summed E-state index contributed by atoms with van der Waals surface area (Å²) in [6.07, 6.45) is -4.60. The molecule has 0 aromatic heterocycles. The third kappa shape index (κ3) is 3.73. The van der Waals surface area contributed by atoms with Crippen LogP contribution in [0.2, 0.25) is 0 Å². The highest BCUT2D eigenvalue weighted by Crippen LogP contribution is 2.40. The van der Waals surface area contributed by atoms with E-state index in [2.05, 4.69) is 9.73 Å². The zero-order valence-corrected chi connectivity index (χ0v) is 13.9. The van der Waals surface area contributed by atoms with E-state index in [1.54, 1.807) is 24.3 Å². The lowest BCUT2D eigenvalue weighted by molar-refractivity contribution is -0.245. The first-order valence-electron chi connectivity index (χ1n) is 6.97. The summed E-state index contributed by atoms with van der Waals surface area (Å²) in [5.74, 6) is -1.13. The van der Waals surface area contributed by atoms with Crippen LogP contribution in [-0.4, -0.2) is 46.4 Å². The van der Waals surface area contributed by atoms with Gasteiger partial charge in [0.25, 0.3) is 5.72 Å². The Labute approximate surface area is 141 Å². The quantitative estimate of drug-likeness (QED) is 0.799. The van der Waals surface area contributed by atoms with Gasteiger partial charge in [-0.1, -0.05) is 24.3 Å². The summed E-state index contributed by atoms with van der Waals surface area (Å²) in [5, 5.41) is 9.67. The second-order valence-corrected chi connectivity index (χ2v) is 6.77. The maximum Gasteiger partial charge on any atom is 0.439 e. The number of rotatable bonds is 4. The van der Waals surface area contributed by atoms with Crippen molar-refractivity contribution in [2.24, 2.45) is 10.7 Å². The van der Waals surface area contributed by atoms with E-state index in [-0.39, 0.29) is 11.5 Å². The smallest absolute Gasteiger partial charge is 0.439 e. The molecule has 1 aliphatic rings. The van der Waals surface area contributed by atoms with Crippen LogP contribution < -0.4 is 5.73 Å². The second-order valence-electron chi connectivity index (χ2n) is 5.80. The van der Waals surface area contributed by atoms with Crippen LogP contribution in [0.15, 0.2) is 29.3 Å². The van der Waals surface area contributed by atoms with Gasteiger partial charge in [-0.05, 0) is 12.5 Å². The van der Waals surface area contributed by atoms with E-state index in [4.69, 9.17) is 5.73 Å². The molecule has 1 aliphatic heterocycles. The van der Waals surface area contributed by atoms with E-state index >= 15 is 0 Å². The third-order valence-corrected chi connectivity index (χ3v) is 4.72. The molecule has 2 atom stereocenters. The van der Waals surface area contributed by atoms with Crippen molar-refractivity contribution in [1.29, 1.82) is 0 Å². The number of halogens is 3. The molecule has 0 radical (unpaired) electrons. The number of methoxy groups -OCH3 is 1. The molecule has 3 N–H and O–H groups in total. The first kappa shape index (κ1) is 18.8. The molecule has 0 saturated heterocycles. The number of nitrogens with two attached hydrogens (primary N) is 1. The van der Waals surface area contributed by atoms with Crippen molar-refractivity contribution in [3.63, 3.8) is 0 Å². The molecule has 1 aromatic rings. The fraction of sp³-hybridized carbons (Fsp3) is 0.467. The van der Waals surface area contributed by atoms with Crippen molar-refractivity contribution in [2.45, 2.75) is 30.8 Å². The molecule has 0 bridgehead atoms. The lowest BCUT2D eigenvalue weighted by Gasteiger charge is -2.21. The predicted octanol–water partition coefficient (Wildman–Crippen LogP) is 1.86. The molecule has 1 aromatic carbocycles. The number of hydrogen-bond acceptors (Lipinski definition) is 6. The molecule has 0 saturated carbocycles. The molecular weight excluding hydrogens is 345 g/mol. The van der Waals surface area contributed by atoms with Crippen LogP contribution in [-0.2, 0) is 16.0 Å². The number of esters is 1. The van der Waals surface area contributed by atoms with Gasteiger partial charge in [0.05, 0.1) is 12.9 Å². The second kappa shape index (κ2) is 6.38. The van der Waals surface area contributed by atoms with E-state index in [1.165, 1.54) is 14.0 Å². The zero-order chi connectivity index (χ0) is 18.2. The topological polar surface area (TPSA) is 84.9 Å². The Kier molecular flexibility index (Phi) is 4.98. The first-order chi connectivity index (χ1) is 11.0. The summed E-state index contributed by atoms with van der Waals surface area (Å²) in [6.45, 7) is 1.53. The summed E-state index contributed by atoms with van der Waals surface area (Å²) >= 11 is 0.838. The molecule has 0 spiro atoms. The molecular formula is C15H17F3N2O3S. The Morgan fingerprint density at radius 1 is 1.42 bits per heavy atom. The minimum absolute atomic E-state index is 0.116.